The monoisotopic (exact) mass is 323 g/mol. The predicted molar refractivity (Wildman–Crippen MR) is 83.3 cm³/mol. The summed E-state index contributed by atoms with van der Waals surface area (Å²) in [5, 5.41) is 7.97. The van der Waals surface area contributed by atoms with E-state index in [1.807, 2.05) is 0 Å². The third-order valence-corrected chi connectivity index (χ3v) is 4.15. The van der Waals surface area contributed by atoms with E-state index in [2.05, 4.69) is 69.3 Å². The summed E-state index contributed by atoms with van der Waals surface area (Å²) in [4.78, 5) is 0. The molecule has 1 aromatic carbocycles. The summed E-state index contributed by atoms with van der Waals surface area (Å²) in [5.74, 6) is 0. The maximum atomic E-state index is 3.58. The van der Waals surface area contributed by atoms with Crippen molar-refractivity contribution in [3.8, 4) is 0 Å². The van der Waals surface area contributed by atoms with Crippen molar-refractivity contribution < 1.29 is 0 Å². The van der Waals surface area contributed by atoms with Crippen molar-refractivity contribution in [1.29, 1.82) is 0 Å². The fourth-order valence-electron chi connectivity index (χ4n) is 2.15. The lowest BCUT2D eigenvalue weighted by molar-refractivity contribution is 0.522. The lowest BCUT2D eigenvalue weighted by atomic mass is 10.0. The number of nitrogens with one attached hydrogen (secondary N) is 1. The van der Waals surface area contributed by atoms with E-state index in [4.69, 9.17) is 0 Å². The predicted octanol–water partition coefficient (Wildman–Crippen LogP) is 4.27. The van der Waals surface area contributed by atoms with Crippen molar-refractivity contribution in [3.63, 3.8) is 0 Å². The van der Waals surface area contributed by atoms with Crippen LogP contribution < -0.4 is 5.32 Å². The molecule has 0 radical (unpaired) electrons. The zero-order valence-corrected chi connectivity index (χ0v) is 12.9. The highest BCUT2D eigenvalue weighted by molar-refractivity contribution is 9.10. The molecule has 1 N–H and O–H groups in total. The van der Waals surface area contributed by atoms with Gasteiger partial charge in [-0.05, 0) is 59.5 Å². The SMILES string of the molecule is CCNC(Cc1ccsc1)Cc1cccc(Br)c1. The molecule has 3 heteroatoms. The Labute approximate surface area is 121 Å². The van der Waals surface area contributed by atoms with Crippen molar-refractivity contribution in [1.82, 2.24) is 5.32 Å². The Morgan fingerprint density at radius 1 is 1.22 bits per heavy atom. The van der Waals surface area contributed by atoms with Crippen LogP contribution in [-0.4, -0.2) is 12.6 Å². The van der Waals surface area contributed by atoms with Crippen molar-refractivity contribution in [2.45, 2.75) is 25.8 Å². The van der Waals surface area contributed by atoms with Crippen molar-refractivity contribution in [3.05, 3.63) is 56.7 Å². The number of halogens is 1. The summed E-state index contributed by atoms with van der Waals surface area (Å²) < 4.78 is 1.16. The summed E-state index contributed by atoms with van der Waals surface area (Å²) in [7, 11) is 0. The van der Waals surface area contributed by atoms with Gasteiger partial charge in [0.1, 0.15) is 0 Å². The Hall–Kier alpha value is -0.640. The zero-order valence-electron chi connectivity index (χ0n) is 10.5. The van der Waals surface area contributed by atoms with Crippen LogP contribution in [0.5, 0.6) is 0 Å². The number of hydrogen-bond acceptors (Lipinski definition) is 2. The minimum Gasteiger partial charge on any atom is -0.314 e. The van der Waals surface area contributed by atoms with Gasteiger partial charge in [-0.15, -0.1) is 0 Å². The number of benzene rings is 1. The molecule has 0 aliphatic carbocycles. The summed E-state index contributed by atoms with van der Waals surface area (Å²) in [6.45, 7) is 3.18. The van der Waals surface area contributed by atoms with Gasteiger partial charge in [-0.1, -0.05) is 35.0 Å². The van der Waals surface area contributed by atoms with Gasteiger partial charge in [0.2, 0.25) is 0 Å². The first-order valence-corrected chi connectivity index (χ1v) is 8.00. The molecule has 1 heterocycles. The van der Waals surface area contributed by atoms with E-state index in [9.17, 15) is 0 Å². The summed E-state index contributed by atoms with van der Waals surface area (Å²) >= 11 is 5.31. The van der Waals surface area contributed by atoms with Gasteiger partial charge < -0.3 is 5.32 Å². The molecule has 1 aromatic heterocycles. The molecule has 1 unspecified atom stereocenters. The first-order chi connectivity index (χ1) is 8.78. The van der Waals surface area contributed by atoms with Crippen molar-refractivity contribution >= 4 is 27.3 Å². The molecular weight excluding hydrogens is 306 g/mol. The van der Waals surface area contributed by atoms with Gasteiger partial charge in [0.25, 0.3) is 0 Å². The topological polar surface area (TPSA) is 12.0 Å². The Morgan fingerprint density at radius 2 is 2.06 bits per heavy atom. The van der Waals surface area contributed by atoms with Crippen LogP contribution >= 0.6 is 27.3 Å². The third kappa shape index (κ3) is 4.23. The molecule has 1 nitrogen and oxygen atoms in total. The smallest absolute Gasteiger partial charge is 0.0178 e. The summed E-state index contributed by atoms with van der Waals surface area (Å²) in [6, 6.07) is 11.3. The van der Waals surface area contributed by atoms with E-state index in [0.717, 1.165) is 23.9 Å². The normalized spacial score (nSPS) is 12.6. The Kier molecular flexibility index (Phi) is 5.42. The minimum absolute atomic E-state index is 0.513. The van der Waals surface area contributed by atoms with Gasteiger partial charge in [-0.3, -0.25) is 0 Å². The van der Waals surface area contributed by atoms with Crippen molar-refractivity contribution in [2.24, 2.45) is 0 Å². The third-order valence-electron chi connectivity index (χ3n) is 2.93. The highest BCUT2D eigenvalue weighted by Gasteiger charge is 2.10. The second-order valence-electron chi connectivity index (χ2n) is 4.42. The van der Waals surface area contributed by atoms with E-state index in [1.165, 1.54) is 11.1 Å². The van der Waals surface area contributed by atoms with Gasteiger partial charge in [0.05, 0.1) is 0 Å². The van der Waals surface area contributed by atoms with Gasteiger partial charge in [0, 0.05) is 10.5 Å². The van der Waals surface area contributed by atoms with E-state index >= 15 is 0 Å². The molecular formula is C15H18BrNS. The molecule has 0 spiro atoms. The lowest BCUT2D eigenvalue weighted by Crippen LogP contribution is -2.32. The standard InChI is InChI=1S/C15H18BrNS/c1-2-17-15(10-13-6-7-18-11-13)9-12-4-3-5-14(16)8-12/h3-8,11,15,17H,2,9-10H2,1H3. The quantitative estimate of drug-likeness (QED) is 0.836. The average Bonchev–Trinajstić information content (AvgIpc) is 2.82. The van der Waals surface area contributed by atoms with Crippen LogP contribution in [0.4, 0.5) is 0 Å². The van der Waals surface area contributed by atoms with Gasteiger partial charge in [-0.2, -0.15) is 11.3 Å². The highest BCUT2D eigenvalue weighted by atomic mass is 79.9. The highest BCUT2D eigenvalue weighted by Crippen LogP contribution is 2.15. The fraction of sp³-hybridized carbons (Fsp3) is 0.333. The largest absolute Gasteiger partial charge is 0.314 e. The second-order valence-corrected chi connectivity index (χ2v) is 6.12. The van der Waals surface area contributed by atoms with Crippen LogP contribution in [0.15, 0.2) is 45.6 Å². The molecule has 1 atom stereocenters. The van der Waals surface area contributed by atoms with Crippen LogP contribution in [0.2, 0.25) is 0 Å². The number of hydrogen-bond donors (Lipinski definition) is 1. The molecule has 2 rings (SSSR count). The Morgan fingerprint density at radius 3 is 2.72 bits per heavy atom. The van der Waals surface area contributed by atoms with E-state index in [0.29, 0.717) is 6.04 Å². The Balaban J connectivity index is 2.01. The van der Waals surface area contributed by atoms with E-state index in [1.54, 1.807) is 11.3 Å². The number of thiophene rings is 1. The van der Waals surface area contributed by atoms with Crippen LogP contribution in [0.25, 0.3) is 0 Å². The van der Waals surface area contributed by atoms with Crippen LogP contribution in [0.3, 0.4) is 0 Å². The summed E-state index contributed by atoms with van der Waals surface area (Å²) in [6.07, 6.45) is 2.17. The number of rotatable bonds is 6. The molecule has 0 amide bonds. The lowest BCUT2D eigenvalue weighted by Gasteiger charge is -2.17. The molecule has 0 aliphatic heterocycles. The molecule has 96 valence electrons. The first kappa shape index (κ1) is 13.8. The molecule has 0 saturated carbocycles. The molecule has 18 heavy (non-hydrogen) atoms. The maximum Gasteiger partial charge on any atom is 0.0178 e. The van der Waals surface area contributed by atoms with E-state index in [-0.39, 0.29) is 0 Å². The maximum absolute atomic E-state index is 3.58. The molecule has 2 aromatic rings. The molecule has 0 fully saturated rings. The van der Waals surface area contributed by atoms with Gasteiger partial charge >= 0.3 is 0 Å². The summed E-state index contributed by atoms with van der Waals surface area (Å²) in [5.41, 5.74) is 2.81. The van der Waals surface area contributed by atoms with Crippen LogP contribution in [0.1, 0.15) is 18.1 Å². The average molecular weight is 324 g/mol. The second kappa shape index (κ2) is 7.07. The number of likely N-dealkylation sites (N-methyl/N-ethyl adjacent to an activating group) is 1. The molecule has 0 bridgehead atoms. The molecule has 0 aliphatic rings. The first-order valence-electron chi connectivity index (χ1n) is 6.27. The minimum atomic E-state index is 0.513. The van der Waals surface area contributed by atoms with Crippen LogP contribution in [0, 0.1) is 0 Å². The zero-order chi connectivity index (χ0) is 12.8. The van der Waals surface area contributed by atoms with E-state index < -0.39 is 0 Å². The van der Waals surface area contributed by atoms with Gasteiger partial charge in [-0.25, -0.2) is 0 Å². The van der Waals surface area contributed by atoms with Crippen molar-refractivity contribution in [2.75, 3.05) is 6.54 Å². The fourth-order valence-corrected chi connectivity index (χ4v) is 3.28. The Bertz CT molecular complexity index is 467. The van der Waals surface area contributed by atoms with Gasteiger partial charge in [0.15, 0.2) is 0 Å². The molecule has 0 saturated heterocycles. The van der Waals surface area contributed by atoms with Crippen LogP contribution in [-0.2, 0) is 12.8 Å².